The van der Waals surface area contributed by atoms with Crippen molar-refractivity contribution in [2.75, 3.05) is 5.33 Å². The van der Waals surface area contributed by atoms with E-state index in [1.165, 1.54) is 0 Å². The zero-order valence-electron chi connectivity index (χ0n) is 3.93. The molecule has 4 heteroatoms. The highest BCUT2D eigenvalue weighted by Gasteiger charge is 2.09. The number of halogens is 2. The maximum Gasteiger partial charge on any atom is 0.163 e. The van der Waals surface area contributed by atoms with Gasteiger partial charge >= 0.3 is 0 Å². The third-order valence-electron chi connectivity index (χ3n) is 0.559. The van der Waals surface area contributed by atoms with Crippen molar-refractivity contribution in [2.45, 2.75) is 3.92 Å². The minimum absolute atomic E-state index is 0.0828. The van der Waals surface area contributed by atoms with Crippen molar-refractivity contribution in [1.29, 1.82) is 0 Å². The van der Waals surface area contributed by atoms with Gasteiger partial charge in [0.15, 0.2) is 5.78 Å². The predicted octanol–water partition coefficient (Wildman–Crippen LogP) is 0.953. The van der Waals surface area contributed by atoms with E-state index in [-0.39, 0.29) is 11.1 Å². The van der Waals surface area contributed by atoms with Crippen LogP contribution in [0.15, 0.2) is 0 Å². The summed E-state index contributed by atoms with van der Waals surface area (Å²) in [6.07, 6.45) is 0.629. The molecule has 0 saturated heterocycles. The molecule has 0 radical (unpaired) electrons. The van der Waals surface area contributed by atoms with Crippen LogP contribution in [0.2, 0.25) is 0 Å². The molecule has 8 heavy (non-hydrogen) atoms. The Morgan fingerprint density at radius 2 is 2.38 bits per heavy atom. The molecule has 0 bridgehead atoms. The first-order valence-electron chi connectivity index (χ1n) is 1.90. The minimum atomic E-state index is -0.480. The van der Waals surface area contributed by atoms with Crippen molar-refractivity contribution < 1.29 is 9.59 Å². The second-order valence-corrected chi connectivity index (χ2v) is 3.04. The van der Waals surface area contributed by atoms with Gasteiger partial charge in [-0.3, -0.25) is 4.79 Å². The van der Waals surface area contributed by atoms with Crippen LogP contribution in [0, 0.1) is 0 Å². The van der Waals surface area contributed by atoms with Crippen LogP contribution in [-0.4, -0.2) is 21.3 Å². The fourth-order valence-electron chi connectivity index (χ4n) is 0.150. The molecule has 0 aliphatic carbocycles. The molecule has 1 unspecified atom stereocenters. The molecule has 0 aliphatic rings. The molecule has 0 spiro atoms. The van der Waals surface area contributed by atoms with Crippen LogP contribution in [0.3, 0.4) is 0 Å². The number of rotatable bonds is 3. The SMILES string of the molecule is O=CC(I)C(=O)CBr. The van der Waals surface area contributed by atoms with Crippen LogP contribution in [-0.2, 0) is 9.59 Å². The average Bonchev–Trinajstić information content (AvgIpc) is 1.84. The molecule has 0 fully saturated rings. The van der Waals surface area contributed by atoms with E-state index < -0.39 is 3.92 Å². The highest BCUT2D eigenvalue weighted by molar-refractivity contribution is 14.1. The molecular formula is C4H4BrIO2. The Bertz CT molecular complexity index is 104. The van der Waals surface area contributed by atoms with Gasteiger partial charge < -0.3 is 4.79 Å². The van der Waals surface area contributed by atoms with Crippen LogP contribution in [0.4, 0.5) is 0 Å². The smallest absolute Gasteiger partial charge is 0.163 e. The third-order valence-corrected chi connectivity index (χ3v) is 2.10. The van der Waals surface area contributed by atoms with Gasteiger partial charge in [-0.15, -0.1) is 0 Å². The lowest BCUT2D eigenvalue weighted by molar-refractivity contribution is -0.119. The summed E-state index contributed by atoms with van der Waals surface area (Å²) in [5.74, 6) is -0.0828. The molecule has 0 aromatic rings. The van der Waals surface area contributed by atoms with Crippen LogP contribution in [0.1, 0.15) is 0 Å². The summed E-state index contributed by atoms with van der Waals surface area (Å²) in [6.45, 7) is 0. The molecule has 0 amide bonds. The summed E-state index contributed by atoms with van der Waals surface area (Å²) in [4.78, 5) is 20.3. The molecular weight excluding hydrogens is 287 g/mol. The van der Waals surface area contributed by atoms with Gasteiger partial charge in [-0.25, -0.2) is 0 Å². The third kappa shape index (κ3) is 2.76. The van der Waals surface area contributed by atoms with E-state index in [4.69, 9.17) is 0 Å². The Hall–Kier alpha value is 0.550. The van der Waals surface area contributed by atoms with E-state index in [9.17, 15) is 9.59 Å². The van der Waals surface area contributed by atoms with E-state index in [1.54, 1.807) is 22.6 Å². The lowest BCUT2D eigenvalue weighted by atomic mass is 10.3. The zero-order valence-corrected chi connectivity index (χ0v) is 7.68. The largest absolute Gasteiger partial charge is 0.302 e. The fourth-order valence-corrected chi connectivity index (χ4v) is 1.32. The molecule has 0 aromatic carbocycles. The maximum absolute atomic E-state index is 10.5. The van der Waals surface area contributed by atoms with Crippen molar-refractivity contribution in [3.05, 3.63) is 0 Å². The summed E-state index contributed by atoms with van der Waals surface area (Å²) < 4.78 is -0.480. The van der Waals surface area contributed by atoms with Crippen LogP contribution >= 0.6 is 38.5 Å². The number of aldehydes is 1. The number of carbonyl (C=O) groups is 2. The first-order valence-corrected chi connectivity index (χ1v) is 4.27. The highest BCUT2D eigenvalue weighted by atomic mass is 127. The summed E-state index contributed by atoms with van der Waals surface area (Å²) in [6, 6.07) is 0. The summed E-state index contributed by atoms with van der Waals surface area (Å²) >= 11 is 4.73. The van der Waals surface area contributed by atoms with Gasteiger partial charge in [-0.2, -0.15) is 0 Å². The van der Waals surface area contributed by atoms with Gasteiger partial charge in [0.2, 0.25) is 0 Å². The van der Waals surface area contributed by atoms with Gasteiger partial charge in [-0.1, -0.05) is 38.5 Å². The Labute approximate surface area is 69.3 Å². The standard InChI is InChI=1S/C4H4BrIO2/c5-1-4(8)3(6)2-7/h2-3H,1H2. The molecule has 0 rings (SSSR count). The molecule has 0 aromatic heterocycles. The van der Waals surface area contributed by atoms with Gasteiger partial charge in [0.25, 0.3) is 0 Å². The molecule has 2 nitrogen and oxygen atoms in total. The maximum atomic E-state index is 10.5. The van der Waals surface area contributed by atoms with Crippen molar-refractivity contribution in [2.24, 2.45) is 0 Å². The molecule has 0 aliphatic heterocycles. The molecule has 0 heterocycles. The first kappa shape index (κ1) is 8.55. The van der Waals surface area contributed by atoms with E-state index in [1.807, 2.05) is 0 Å². The number of ketones is 1. The summed E-state index contributed by atoms with van der Waals surface area (Å²) in [7, 11) is 0. The number of hydrogen-bond donors (Lipinski definition) is 0. The monoisotopic (exact) mass is 290 g/mol. The second-order valence-electron chi connectivity index (χ2n) is 1.14. The van der Waals surface area contributed by atoms with Crippen molar-refractivity contribution in [3.63, 3.8) is 0 Å². The fraction of sp³-hybridized carbons (Fsp3) is 0.500. The van der Waals surface area contributed by atoms with Gasteiger partial charge in [0, 0.05) is 0 Å². The van der Waals surface area contributed by atoms with Gasteiger partial charge in [-0.05, 0) is 0 Å². The molecule has 46 valence electrons. The van der Waals surface area contributed by atoms with E-state index in [2.05, 4.69) is 15.9 Å². The topological polar surface area (TPSA) is 34.1 Å². The number of carbonyl (C=O) groups excluding carboxylic acids is 2. The number of hydrogen-bond acceptors (Lipinski definition) is 2. The average molecular weight is 291 g/mol. The summed E-state index contributed by atoms with van der Waals surface area (Å²) in [5.41, 5.74) is 0. The van der Waals surface area contributed by atoms with Crippen LogP contribution < -0.4 is 0 Å². The lowest BCUT2D eigenvalue weighted by Gasteiger charge is -1.92. The Morgan fingerprint density at radius 3 is 2.50 bits per heavy atom. The quantitative estimate of drug-likeness (QED) is 0.336. The minimum Gasteiger partial charge on any atom is -0.302 e. The lowest BCUT2D eigenvalue weighted by Crippen LogP contribution is -2.15. The van der Waals surface area contributed by atoms with Crippen LogP contribution in [0.25, 0.3) is 0 Å². The van der Waals surface area contributed by atoms with Gasteiger partial charge in [0.05, 0.1) is 5.33 Å². The molecule has 1 atom stereocenters. The normalized spacial score (nSPS) is 12.8. The Balaban J connectivity index is 3.62. The van der Waals surface area contributed by atoms with E-state index in [0.29, 0.717) is 6.29 Å². The number of Topliss-reactive ketones (excluding diaryl/α,β-unsaturated/α-hetero) is 1. The highest BCUT2D eigenvalue weighted by Crippen LogP contribution is 1.99. The zero-order chi connectivity index (χ0) is 6.57. The van der Waals surface area contributed by atoms with Crippen molar-refractivity contribution >= 4 is 50.6 Å². The molecule has 0 saturated carbocycles. The molecule has 0 N–H and O–H groups in total. The van der Waals surface area contributed by atoms with E-state index >= 15 is 0 Å². The van der Waals surface area contributed by atoms with Crippen LogP contribution in [0.5, 0.6) is 0 Å². The first-order chi connectivity index (χ1) is 3.72. The van der Waals surface area contributed by atoms with Gasteiger partial charge in [0.1, 0.15) is 10.2 Å². The summed E-state index contributed by atoms with van der Waals surface area (Å²) in [5, 5.41) is 0.263. The Morgan fingerprint density at radius 1 is 1.88 bits per heavy atom. The van der Waals surface area contributed by atoms with E-state index in [0.717, 1.165) is 0 Å². The van der Waals surface area contributed by atoms with Crippen molar-refractivity contribution in [1.82, 2.24) is 0 Å². The predicted molar refractivity (Wildman–Crippen MR) is 42.7 cm³/mol. The van der Waals surface area contributed by atoms with Crippen molar-refractivity contribution in [3.8, 4) is 0 Å². The Kier molecular flexibility index (Phi) is 4.74. The second kappa shape index (κ2) is 4.43. The number of alkyl halides is 2.